The predicted octanol–water partition coefficient (Wildman–Crippen LogP) is 3.15. The minimum atomic E-state index is 0.0478. The zero-order valence-electron chi connectivity index (χ0n) is 15.7. The van der Waals surface area contributed by atoms with Gasteiger partial charge in [-0.15, -0.1) is 0 Å². The average molecular weight is 364 g/mol. The van der Waals surface area contributed by atoms with Crippen LogP contribution in [0.15, 0.2) is 47.3 Å². The van der Waals surface area contributed by atoms with Gasteiger partial charge < -0.3 is 14.2 Å². The quantitative estimate of drug-likeness (QED) is 0.841. The number of methoxy groups -OCH3 is 1. The third-order valence-corrected chi connectivity index (χ3v) is 5.59. The van der Waals surface area contributed by atoms with Gasteiger partial charge in [-0.3, -0.25) is 9.59 Å². The number of pyridine rings is 1. The summed E-state index contributed by atoms with van der Waals surface area (Å²) >= 11 is 0. The number of allylic oxidation sites excluding steroid dienone is 1. The number of ether oxygens (including phenoxy) is 1. The topological polar surface area (TPSA) is 51.5 Å². The largest absolute Gasteiger partial charge is 0.497 e. The highest BCUT2D eigenvalue weighted by molar-refractivity contribution is 5.94. The first kappa shape index (κ1) is 17.6. The molecule has 0 N–H and O–H groups in total. The molecule has 2 aliphatic rings. The highest BCUT2D eigenvalue weighted by Gasteiger charge is 2.37. The number of amides is 1. The van der Waals surface area contributed by atoms with Crippen LogP contribution in [0.5, 0.6) is 5.75 Å². The standard InChI is InChI=1S/C22H24N2O3/c1-3-4-16-7-10-20(25)24-13-15-11-18(21(16)24)14-23(12-15)22(26)17-5-8-19(27-2)9-6-17/h3-10,15,18H,11-14H2,1-2H3. The van der Waals surface area contributed by atoms with Crippen molar-refractivity contribution in [3.63, 3.8) is 0 Å². The Bertz CT molecular complexity index is 943. The van der Waals surface area contributed by atoms with Crippen molar-refractivity contribution in [3.8, 4) is 5.75 Å². The van der Waals surface area contributed by atoms with E-state index < -0.39 is 0 Å². The summed E-state index contributed by atoms with van der Waals surface area (Å²) in [5.41, 5.74) is 2.89. The van der Waals surface area contributed by atoms with E-state index in [9.17, 15) is 9.59 Å². The van der Waals surface area contributed by atoms with Gasteiger partial charge in [0.2, 0.25) is 0 Å². The molecule has 2 atom stereocenters. The van der Waals surface area contributed by atoms with E-state index in [0.717, 1.165) is 23.4 Å². The van der Waals surface area contributed by atoms with E-state index in [-0.39, 0.29) is 17.4 Å². The molecule has 0 aliphatic carbocycles. The number of benzene rings is 1. The van der Waals surface area contributed by atoms with Crippen LogP contribution >= 0.6 is 0 Å². The van der Waals surface area contributed by atoms with Gasteiger partial charge in [-0.25, -0.2) is 0 Å². The van der Waals surface area contributed by atoms with Crippen molar-refractivity contribution in [1.82, 2.24) is 9.47 Å². The fourth-order valence-corrected chi connectivity index (χ4v) is 4.45. The number of hydrogen-bond donors (Lipinski definition) is 0. The van der Waals surface area contributed by atoms with Gasteiger partial charge in [-0.05, 0) is 55.2 Å². The molecule has 140 valence electrons. The maximum Gasteiger partial charge on any atom is 0.253 e. The second-order valence-corrected chi connectivity index (χ2v) is 7.36. The zero-order valence-corrected chi connectivity index (χ0v) is 15.7. The highest BCUT2D eigenvalue weighted by Crippen LogP contribution is 2.37. The Labute approximate surface area is 158 Å². The van der Waals surface area contributed by atoms with Crippen molar-refractivity contribution in [3.05, 3.63) is 69.6 Å². The molecule has 1 amide bonds. The second kappa shape index (κ2) is 7.06. The third-order valence-electron chi connectivity index (χ3n) is 5.59. The number of likely N-dealkylation sites (tertiary alicyclic amines) is 1. The summed E-state index contributed by atoms with van der Waals surface area (Å²) in [6, 6.07) is 10.8. The molecule has 2 bridgehead atoms. The molecule has 1 aromatic carbocycles. The number of nitrogens with zero attached hydrogens (tertiary/aromatic N) is 2. The van der Waals surface area contributed by atoms with Crippen molar-refractivity contribution in [2.75, 3.05) is 20.2 Å². The minimum Gasteiger partial charge on any atom is -0.497 e. The Morgan fingerprint density at radius 2 is 1.89 bits per heavy atom. The summed E-state index contributed by atoms with van der Waals surface area (Å²) in [5, 5.41) is 0. The maximum atomic E-state index is 13.0. The Morgan fingerprint density at radius 3 is 2.59 bits per heavy atom. The van der Waals surface area contributed by atoms with Crippen LogP contribution in [-0.2, 0) is 6.54 Å². The lowest BCUT2D eigenvalue weighted by Crippen LogP contribution is -2.49. The van der Waals surface area contributed by atoms with Gasteiger partial charge in [0, 0.05) is 42.9 Å². The predicted molar refractivity (Wildman–Crippen MR) is 105 cm³/mol. The zero-order chi connectivity index (χ0) is 19.0. The molecule has 2 aromatic rings. The molecule has 1 fully saturated rings. The van der Waals surface area contributed by atoms with Gasteiger partial charge in [-0.2, -0.15) is 0 Å². The Morgan fingerprint density at radius 1 is 1.11 bits per heavy atom. The number of carbonyl (C=O) groups excluding carboxylic acids is 1. The van der Waals surface area contributed by atoms with Crippen LogP contribution in [0.3, 0.4) is 0 Å². The van der Waals surface area contributed by atoms with E-state index in [2.05, 4.69) is 6.08 Å². The fourth-order valence-electron chi connectivity index (χ4n) is 4.45. The lowest BCUT2D eigenvalue weighted by atomic mass is 9.81. The molecule has 4 rings (SSSR count). The monoisotopic (exact) mass is 364 g/mol. The molecule has 2 unspecified atom stereocenters. The molecule has 1 aromatic heterocycles. The number of piperidine rings is 1. The lowest BCUT2D eigenvalue weighted by molar-refractivity contribution is 0.0594. The fraction of sp³-hybridized carbons (Fsp3) is 0.364. The van der Waals surface area contributed by atoms with Gasteiger partial charge in [0.15, 0.2) is 0 Å². The molecule has 1 saturated heterocycles. The van der Waals surface area contributed by atoms with Crippen molar-refractivity contribution in [2.45, 2.75) is 25.8 Å². The summed E-state index contributed by atoms with van der Waals surface area (Å²) in [6.07, 6.45) is 5.08. The molecule has 2 aliphatic heterocycles. The van der Waals surface area contributed by atoms with Crippen molar-refractivity contribution in [2.24, 2.45) is 5.92 Å². The number of aromatic nitrogens is 1. The summed E-state index contributed by atoms with van der Waals surface area (Å²) in [7, 11) is 1.62. The molecule has 0 saturated carbocycles. The second-order valence-electron chi connectivity index (χ2n) is 7.36. The highest BCUT2D eigenvalue weighted by atomic mass is 16.5. The molecule has 0 radical (unpaired) electrons. The maximum absolute atomic E-state index is 13.0. The van der Waals surface area contributed by atoms with E-state index in [1.807, 2.05) is 52.8 Å². The number of hydrogen-bond acceptors (Lipinski definition) is 3. The van der Waals surface area contributed by atoms with Gasteiger partial charge in [0.1, 0.15) is 5.75 Å². The normalized spacial score (nSPS) is 21.2. The van der Waals surface area contributed by atoms with Crippen molar-refractivity contribution in [1.29, 1.82) is 0 Å². The van der Waals surface area contributed by atoms with Crippen LogP contribution in [-0.4, -0.2) is 35.6 Å². The van der Waals surface area contributed by atoms with Crippen LogP contribution in [0.25, 0.3) is 6.08 Å². The van der Waals surface area contributed by atoms with Crippen LogP contribution in [0.2, 0.25) is 0 Å². The first-order valence-corrected chi connectivity index (χ1v) is 9.40. The van der Waals surface area contributed by atoms with Crippen LogP contribution in [0.1, 0.15) is 40.9 Å². The number of rotatable bonds is 3. The molecule has 27 heavy (non-hydrogen) atoms. The first-order chi connectivity index (χ1) is 13.1. The molecular weight excluding hydrogens is 340 g/mol. The van der Waals surface area contributed by atoms with Crippen molar-refractivity contribution >= 4 is 12.0 Å². The van der Waals surface area contributed by atoms with Gasteiger partial charge in [0.25, 0.3) is 11.5 Å². The van der Waals surface area contributed by atoms with E-state index in [1.165, 1.54) is 0 Å². The molecule has 0 spiro atoms. The summed E-state index contributed by atoms with van der Waals surface area (Å²) in [5.74, 6) is 1.30. The molecular formula is C22H24N2O3. The van der Waals surface area contributed by atoms with Gasteiger partial charge >= 0.3 is 0 Å². The number of fused-ring (bicyclic) bond motifs is 4. The van der Waals surface area contributed by atoms with E-state index in [4.69, 9.17) is 4.74 Å². The summed E-state index contributed by atoms with van der Waals surface area (Å²) in [6.45, 7) is 4.01. The Kier molecular flexibility index (Phi) is 4.60. The minimum absolute atomic E-state index is 0.0478. The Balaban J connectivity index is 1.65. The first-order valence-electron chi connectivity index (χ1n) is 9.40. The van der Waals surface area contributed by atoms with Crippen LogP contribution < -0.4 is 10.3 Å². The van der Waals surface area contributed by atoms with Crippen LogP contribution in [0, 0.1) is 5.92 Å². The van der Waals surface area contributed by atoms with E-state index >= 15 is 0 Å². The van der Waals surface area contributed by atoms with Crippen molar-refractivity contribution < 1.29 is 9.53 Å². The Hall–Kier alpha value is -2.82. The summed E-state index contributed by atoms with van der Waals surface area (Å²) in [4.78, 5) is 27.4. The number of carbonyl (C=O) groups is 1. The van der Waals surface area contributed by atoms with E-state index in [0.29, 0.717) is 31.1 Å². The molecule has 5 nitrogen and oxygen atoms in total. The molecule has 5 heteroatoms. The SMILES string of the molecule is CC=Cc1ccc(=O)n2c1C1CC(CN(C(=O)c3ccc(OC)cc3)C1)C2. The smallest absolute Gasteiger partial charge is 0.253 e. The average Bonchev–Trinajstić information content (AvgIpc) is 2.69. The van der Waals surface area contributed by atoms with Gasteiger partial charge in [0.05, 0.1) is 7.11 Å². The molecule has 3 heterocycles. The lowest BCUT2D eigenvalue weighted by Gasteiger charge is -2.43. The summed E-state index contributed by atoms with van der Waals surface area (Å²) < 4.78 is 7.10. The third kappa shape index (κ3) is 3.18. The van der Waals surface area contributed by atoms with Gasteiger partial charge in [-0.1, -0.05) is 12.2 Å². The van der Waals surface area contributed by atoms with E-state index in [1.54, 1.807) is 13.2 Å². The van der Waals surface area contributed by atoms with Crippen LogP contribution in [0.4, 0.5) is 0 Å².